The first-order chi connectivity index (χ1) is 11.9. The van der Waals surface area contributed by atoms with Crippen molar-refractivity contribution in [1.29, 1.82) is 0 Å². The van der Waals surface area contributed by atoms with Gasteiger partial charge in [-0.15, -0.1) is 0 Å². The quantitative estimate of drug-likeness (QED) is 0.233. The van der Waals surface area contributed by atoms with Crippen LogP contribution in [0.1, 0.15) is 20.8 Å². The van der Waals surface area contributed by atoms with Crippen molar-refractivity contribution in [2.24, 2.45) is 0 Å². The minimum atomic E-state index is -0.947. The third kappa shape index (κ3) is 6.46. The number of rotatable bonds is 10. The van der Waals surface area contributed by atoms with Crippen molar-refractivity contribution < 1.29 is 28.9 Å². The molecule has 25 heavy (non-hydrogen) atoms. The molecule has 0 aliphatic carbocycles. The van der Waals surface area contributed by atoms with Crippen LogP contribution in [0.3, 0.4) is 0 Å². The van der Waals surface area contributed by atoms with Crippen molar-refractivity contribution in [2.45, 2.75) is 45.0 Å². The molecule has 9 nitrogen and oxygen atoms in total. The lowest BCUT2D eigenvalue weighted by Crippen LogP contribution is -2.49. The number of nitrogens with one attached hydrogen (secondary N) is 3. The molecule has 0 bridgehead atoms. The molecule has 0 spiro atoms. The van der Waals surface area contributed by atoms with Gasteiger partial charge in [0.25, 0.3) is 5.91 Å². The van der Waals surface area contributed by atoms with Crippen LogP contribution in [0.15, 0.2) is 24.0 Å². The summed E-state index contributed by atoms with van der Waals surface area (Å²) in [4.78, 5) is 23.0. The van der Waals surface area contributed by atoms with E-state index in [-0.39, 0.29) is 12.3 Å². The number of hydrogen-bond acceptors (Lipinski definition) is 7. The number of methoxy groups -OCH3 is 1. The Morgan fingerprint density at radius 2 is 2.12 bits per heavy atom. The highest BCUT2D eigenvalue weighted by Gasteiger charge is 2.46. The zero-order valence-electron chi connectivity index (χ0n) is 14.9. The van der Waals surface area contributed by atoms with Gasteiger partial charge in [0, 0.05) is 19.9 Å². The summed E-state index contributed by atoms with van der Waals surface area (Å²) in [7, 11) is 1.44. The third-order valence-corrected chi connectivity index (χ3v) is 3.44. The molecule has 0 aromatic carbocycles. The van der Waals surface area contributed by atoms with E-state index in [0.29, 0.717) is 13.0 Å². The summed E-state index contributed by atoms with van der Waals surface area (Å²) < 4.78 is 16.6. The average Bonchev–Trinajstić information content (AvgIpc) is 2.86. The second kappa shape index (κ2) is 10.1. The molecule has 1 heterocycles. The molecule has 0 radical (unpaired) electrons. The first-order valence-corrected chi connectivity index (χ1v) is 7.93. The Bertz CT molecular complexity index is 502. The van der Waals surface area contributed by atoms with Crippen molar-refractivity contribution in [2.75, 3.05) is 20.3 Å². The minimum absolute atomic E-state index is 0.148. The SMILES string of the molecule is C/C=C/CN/C(=C/NC=O)C(=O)NC1OC(C)(C)OC1C(CO)OC. The van der Waals surface area contributed by atoms with E-state index in [0.717, 1.165) is 0 Å². The lowest BCUT2D eigenvalue weighted by Gasteiger charge is -2.24. The fourth-order valence-electron chi connectivity index (χ4n) is 2.29. The van der Waals surface area contributed by atoms with Crippen LogP contribution in [-0.4, -0.2) is 61.9 Å². The van der Waals surface area contributed by atoms with E-state index in [1.807, 2.05) is 19.1 Å². The van der Waals surface area contributed by atoms with E-state index in [1.165, 1.54) is 13.3 Å². The Balaban J connectivity index is 2.86. The van der Waals surface area contributed by atoms with E-state index in [4.69, 9.17) is 14.2 Å². The topological polar surface area (TPSA) is 118 Å². The van der Waals surface area contributed by atoms with Gasteiger partial charge in [-0.3, -0.25) is 9.59 Å². The van der Waals surface area contributed by atoms with Gasteiger partial charge in [0.1, 0.15) is 17.9 Å². The highest BCUT2D eigenvalue weighted by molar-refractivity contribution is 5.93. The van der Waals surface area contributed by atoms with Crippen LogP contribution >= 0.6 is 0 Å². The van der Waals surface area contributed by atoms with Gasteiger partial charge >= 0.3 is 0 Å². The molecule has 0 aromatic rings. The first kappa shape index (κ1) is 21.1. The molecule has 1 rings (SSSR count). The number of allylic oxidation sites excluding steroid dienone is 1. The number of aliphatic hydroxyl groups is 1. The summed E-state index contributed by atoms with van der Waals surface area (Å²) in [5, 5.41) is 17.3. The van der Waals surface area contributed by atoms with Crippen molar-refractivity contribution >= 4 is 12.3 Å². The van der Waals surface area contributed by atoms with E-state index < -0.39 is 30.1 Å². The van der Waals surface area contributed by atoms with Crippen molar-refractivity contribution in [3.8, 4) is 0 Å². The van der Waals surface area contributed by atoms with E-state index in [9.17, 15) is 14.7 Å². The molecular formula is C16H27N3O6. The summed E-state index contributed by atoms with van der Waals surface area (Å²) in [5.74, 6) is -1.44. The van der Waals surface area contributed by atoms with Crippen LogP contribution in [0.2, 0.25) is 0 Å². The Morgan fingerprint density at radius 3 is 2.68 bits per heavy atom. The lowest BCUT2D eigenvalue weighted by atomic mass is 10.2. The van der Waals surface area contributed by atoms with Gasteiger partial charge in [-0.2, -0.15) is 0 Å². The third-order valence-electron chi connectivity index (χ3n) is 3.44. The standard InChI is InChI=1S/C16H27N3O6/c1-5-6-7-18-11(8-17-10-21)14(22)19-15-13(12(9-20)23-4)24-16(2,3)25-15/h5-6,8,10,12-13,15,18,20H,7,9H2,1-4H3,(H,17,21)(H,19,22)/b6-5+,11-8+. The van der Waals surface area contributed by atoms with Gasteiger partial charge in [-0.1, -0.05) is 12.2 Å². The van der Waals surface area contributed by atoms with E-state index in [2.05, 4.69) is 16.0 Å². The smallest absolute Gasteiger partial charge is 0.270 e. The summed E-state index contributed by atoms with van der Waals surface area (Å²) in [5.41, 5.74) is 0.148. The predicted octanol–water partition coefficient (Wildman–Crippen LogP) is -0.659. The molecule has 3 atom stereocenters. The van der Waals surface area contributed by atoms with Crippen LogP contribution in [0.25, 0.3) is 0 Å². The van der Waals surface area contributed by atoms with Gasteiger partial charge in [0.15, 0.2) is 12.0 Å². The Hall–Kier alpha value is -1.94. The van der Waals surface area contributed by atoms with Crippen LogP contribution in [-0.2, 0) is 23.8 Å². The highest BCUT2D eigenvalue weighted by Crippen LogP contribution is 2.29. The zero-order chi connectivity index (χ0) is 18.9. The van der Waals surface area contributed by atoms with Crippen molar-refractivity contribution in [3.63, 3.8) is 0 Å². The molecule has 1 aliphatic rings. The molecule has 1 aliphatic heterocycles. The molecule has 9 heteroatoms. The van der Waals surface area contributed by atoms with Gasteiger partial charge in [-0.25, -0.2) is 0 Å². The molecule has 0 saturated carbocycles. The lowest BCUT2D eigenvalue weighted by molar-refractivity contribution is -0.161. The van der Waals surface area contributed by atoms with Crippen LogP contribution in [0.5, 0.6) is 0 Å². The zero-order valence-corrected chi connectivity index (χ0v) is 14.9. The summed E-state index contributed by atoms with van der Waals surface area (Å²) in [6, 6.07) is 0. The maximum atomic E-state index is 12.5. The second-order valence-corrected chi connectivity index (χ2v) is 5.74. The summed E-state index contributed by atoms with van der Waals surface area (Å²) >= 11 is 0. The molecule has 4 N–H and O–H groups in total. The molecule has 1 fully saturated rings. The monoisotopic (exact) mass is 357 g/mol. The van der Waals surface area contributed by atoms with Gasteiger partial charge in [0.2, 0.25) is 6.41 Å². The van der Waals surface area contributed by atoms with E-state index >= 15 is 0 Å². The molecule has 2 amide bonds. The fraction of sp³-hybridized carbons (Fsp3) is 0.625. The molecular weight excluding hydrogens is 330 g/mol. The fourth-order valence-corrected chi connectivity index (χ4v) is 2.29. The summed E-state index contributed by atoms with van der Waals surface area (Å²) in [6.45, 7) is 5.37. The Kier molecular flexibility index (Phi) is 8.56. The Morgan fingerprint density at radius 1 is 1.40 bits per heavy atom. The number of hydrogen-bond donors (Lipinski definition) is 4. The van der Waals surface area contributed by atoms with Crippen LogP contribution in [0, 0.1) is 0 Å². The van der Waals surface area contributed by atoms with Gasteiger partial charge in [-0.05, 0) is 20.8 Å². The number of carbonyl (C=O) groups excluding carboxylic acids is 2. The van der Waals surface area contributed by atoms with Gasteiger partial charge < -0.3 is 35.3 Å². The first-order valence-electron chi connectivity index (χ1n) is 7.93. The number of ether oxygens (including phenoxy) is 3. The number of amides is 2. The number of carbonyl (C=O) groups is 2. The Labute approximate surface area is 147 Å². The summed E-state index contributed by atoms with van der Waals surface area (Å²) in [6.07, 6.45) is 3.17. The van der Waals surface area contributed by atoms with Gasteiger partial charge in [0.05, 0.1) is 6.61 Å². The maximum absolute atomic E-state index is 12.5. The van der Waals surface area contributed by atoms with Crippen LogP contribution in [0.4, 0.5) is 0 Å². The second-order valence-electron chi connectivity index (χ2n) is 5.74. The minimum Gasteiger partial charge on any atom is -0.394 e. The normalized spacial score (nSPS) is 24.1. The maximum Gasteiger partial charge on any atom is 0.270 e. The molecule has 3 unspecified atom stereocenters. The molecule has 1 saturated heterocycles. The van der Waals surface area contributed by atoms with Crippen LogP contribution < -0.4 is 16.0 Å². The van der Waals surface area contributed by atoms with Crippen molar-refractivity contribution in [3.05, 3.63) is 24.0 Å². The predicted molar refractivity (Wildman–Crippen MR) is 89.9 cm³/mol. The average molecular weight is 357 g/mol. The molecule has 0 aromatic heterocycles. The molecule has 142 valence electrons. The largest absolute Gasteiger partial charge is 0.394 e. The highest BCUT2D eigenvalue weighted by atomic mass is 16.8. The van der Waals surface area contributed by atoms with Crippen molar-refractivity contribution in [1.82, 2.24) is 16.0 Å². The van der Waals surface area contributed by atoms with E-state index in [1.54, 1.807) is 13.8 Å². The number of aliphatic hydroxyl groups excluding tert-OH is 1.